The maximum absolute atomic E-state index is 12.0. The number of rotatable bonds is 2. The monoisotopic (exact) mass is 150 g/mol. The number of halogens is 2. The normalized spacial score (nSPS) is 13.4. The molecule has 0 radical (unpaired) electrons. The first-order chi connectivity index (χ1) is 4.34. The lowest BCUT2D eigenvalue weighted by Crippen LogP contribution is -2.14. The highest BCUT2D eigenvalue weighted by Gasteiger charge is 2.27. The van der Waals surface area contributed by atoms with Gasteiger partial charge in [0.2, 0.25) is 0 Å². The average molecular weight is 150 g/mol. The number of alkyl halides is 2. The van der Waals surface area contributed by atoms with Crippen LogP contribution in [0.4, 0.5) is 8.78 Å². The fourth-order valence-corrected chi connectivity index (χ4v) is 0.319. The molecular weight excluding hydrogens is 142 g/mol. The minimum atomic E-state index is -3.31. The van der Waals surface area contributed by atoms with Crippen LogP contribution in [0.15, 0.2) is 11.8 Å². The molecule has 0 fully saturated rings. The van der Waals surface area contributed by atoms with E-state index in [2.05, 4.69) is 0 Å². The van der Waals surface area contributed by atoms with E-state index in [4.69, 9.17) is 5.11 Å². The molecule has 4 heteroatoms. The third-order valence-corrected chi connectivity index (χ3v) is 0.790. The van der Waals surface area contributed by atoms with Crippen molar-refractivity contribution in [2.75, 3.05) is 0 Å². The summed E-state index contributed by atoms with van der Waals surface area (Å²) in [5.74, 6) is -5.11. The molecule has 0 heterocycles. The molecule has 2 nitrogen and oxygen atoms in total. The molecule has 0 aromatic rings. The molecule has 0 bridgehead atoms. The Balaban J connectivity index is 4.35. The third-order valence-electron chi connectivity index (χ3n) is 0.790. The topological polar surface area (TPSA) is 37.3 Å². The zero-order chi connectivity index (χ0) is 8.36. The molecule has 0 amide bonds. The molecule has 1 N–H and O–H groups in total. The first kappa shape index (κ1) is 9.07. The molecule has 0 saturated carbocycles. The van der Waals surface area contributed by atoms with Crippen LogP contribution in [-0.4, -0.2) is 16.8 Å². The van der Waals surface area contributed by atoms with Gasteiger partial charge in [-0.1, -0.05) is 0 Å². The van der Waals surface area contributed by atoms with Crippen molar-refractivity contribution in [3.05, 3.63) is 11.8 Å². The van der Waals surface area contributed by atoms with Crippen LogP contribution in [0, 0.1) is 0 Å². The van der Waals surface area contributed by atoms with Gasteiger partial charge < -0.3 is 5.11 Å². The predicted molar refractivity (Wildman–Crippen MR) is 32.0 cm³/mol. The number of hydrogen-bond acceptors (Lipinski definition) is 2. The van der Waals surface area contributed by atoms with E-state index >= 15 is 0 Å². The van der Waals surface area contributed by atoms with Gasteiger partial charge >= 0.3 is 5.92 Å². The summed E-state index contributed by atoms with van der Waals surface area (Å²) < 4.78 is 24.0. The van der Waals surface area contributed by atoms with Gasteiger partial charge in [-0.05, 0) is 6.92 Å². The van der Waals surface area contributed by atoms with Gasteiger partial charge in [-0.15, -0.1) is 0 Å². The van der Waals surface area contributed by atoms with E-state index in [-0.39, 0.29) is 0 Å². The Labute approximate surface area is 57.2 Å². The van der Waals surface area contributed by atoms with E-state index in [1.165, 1.54) is 0 Å². The second kappa shape index (κ2) is 2.77. The van der Waals surface area contributed by atoms with Gasteiger partial charge in [-0.2, -0.15) is 8.78 Å². The third kappa shape index (κ3) is 3.17. The summed E-state index contributed by atoms with van der Waals surface area (Å²) >= 11 is 0. The minimum absolute atomic E-state index is 0.500. The lowest BCUT2D eigenvalue weighted by molar-refractivity contribution is -0.113. The van der Waals surface area contributed by atoms with Crippen LogP contribution in [0.2, 0.25) is 0 Å². The van der Waals surface area contributed by atoms with Crippen LogP contribution in [0.3, 0.4) is 0 Å². The first-order valence-corrected chi connectivity index (χ1v) is 2.63. The van der Waals surface area contributed by atoms with Gasteiger partial charge in [0, 0.05) is 13.0 Å². The van der Waals surface area contributed by atoms with E-state index < -0.39 is 17.5 Å². The summed E-state index contributed by atoms with van der Waals surface area (Å²) in [6.45, 7) is 1.60. The fraction of sp³-hybridized carbons (Fsp3) is 0.500. The number of aliphatic hydroxyl groups excluding tert-OH is 1. The Morgan fingerprint density at radius 2 is 2.00 bits per heavy atom. The standard InChI is InChI=1S/C6H8F2O2/c1-4(9)3-5(10)6(2,7)8/h3,10H,1-2H3. The van der Waals surface area contributed by atoms with Crippen LogP contribution in [0.5, 0.6) is 0 Å². The predicted octanol–water partition coefficient (Wildman–Crippen LogP) is 1.67. The Hall–Kier alpha value is -0.930. The maximum atomic E-state index is 12.0. The summed E-state index contributed by atoms with van der Waals surface area (Å²) in [5.41, 5.74) is 0. The van der Waals surface area contributed by atoms with Gasteiger partial charge in [0.25, 0.3) is 0 Å². The molecule has 0 aliphatic heterocycles. The van der Waals surface area contributed by atoms with Crippen LogP contribution in [0.25, 0.3) is 0 Å². The number of carbonyl (C=O) groups excluding carboxylic acids is 1. The molecule has 58 valence electrons. The van der Waals surface area contributed by atoms with Crippen LogP contribution >= 0.6 is 0 Å². The molecule has 0 aliphatic rings. The van der Waals surface area contributed by atoms with E-state index in [1.807, 2.05) is 0 Å². The zero-order valence-corrected chi connectivity index (χ0v) is 5.69. The molecular formula is C6H8F2O2. The average Bonchev–Trinajstić information content (AvgIpc) is 1.60. The molecule has 0 aliphatic carbocycles. The fourth-order valence-electron chi connectivity index (χ4n) is 0.319. The van der Waals surface area contributed by atoms with Crippen molar-refractivity contribution in [3.63, 3.8) is 0 Å². The first-order valence-electron chi connectivity index (χ1n) is 2.63. The van der Waals surface area contributed by atoms with Crippen LogP contribution < -0.4 is 0 Å². The maximum Gasteiger partial charge on any atom is 0.301 e. The summed E-state index contributed by atoms with van der Waals surface area (Å²) in [6, 6.07) is 0. The van der Waals surface area contributed by atoms with Crippen molar-refractivity contribution in [2.45, 2.75) is 19.8 Å². The van der Waals surface area contributed by atoms with E-state index in [9.17, 15) is 13.6 Å². The van der Waals surface area contributed by atoms with Gasteiger partial charge in [-0.25, -0.2) is 0 Å². The smallest absolute Gasteiger partial charge is 0.301 e. The van der Waals surface area contributed by atoms with Crippen molar-refractivity contribution in [1.82, 2.24) is 0 Å². The number of carbonyl (C=O) groups is 1. The van der Waals surface area contributed by atoms with Crippen molar-refractivity contribution in [1.29, 1.82) is 0 Å². The van der Waals surface area contributed by atoms with Gasteiger partial charge in [0.1, 0.15) is 0 Å². The molecule has 0 unspecified atom stereocenters. The lowest BCUT2D eigenvalue weighted by Gasteiger charge is -2.06. The summed E-state index contributed by atoms with van der Waals surface area (Å²) in [4.78, 5) is 10.1. The van der Waals surface area contributed by atoms with E-state index in [0.29, 0.717) is 13.0 Å². The highest BCUT2D eigenvalue weighted by Crippen LogP contribution is 2.19. The molecule has 0 spiro atoms. The molecule has 0 saturated heterocycles. The minimum Gasteiger partial charge on any atom is -0.506 e. The Bertz CT molecular complexity index is 167. The van der Waals surface area contributed by atoms with Gasteiger partial charge in [0.05, 0.1) is 0 Å². The molecule has 0 aromatic heterocycles. The number of hydrogen-bond donors (Lipinski definition) is 1. The highest BCUT2D eigenvalue weighted by molar-refractivity contribution is 5.87. The molecule has 0 atom stereocenters. The Kier molecular flexibility index (Phi) is 2.51. The summed E-state index contributed by atoms with van der Waals surface area (Å²) in [6.07, 6.45) is 0.500. The van der Waals surface area contributed by atoms with Crippen molar-refractivity contribution < 1.29 is 18.7 Å². The highest BCUT2D eigenvalue weighted by atomic mass is 19.3. The van der Waals surface area contributed by atoms with Crippen molar-refractivity contribution in [3.8, 4) is 0 Å². The second-order valence-corrected chi connectivity index (χ2v) is 2.03. The van der Waals surface area contributed by atoms with Crippen LogP contribution in [-0.2, 0) is 4.79 Å². The molecule has 10 heavy (non-hydrogen) atoms. The van der Waals surface area contributed by atoms with Gasteiger partial charge in [-0.3, -0.25) is 4.79 Å². The van der Waals surface area contributed by atoms with Gasteiger partial charge in [0.15, 0.2) is 11.5 Å². The van der Waals surface area contributed by atoms with Crippen molar-refractivity contribution in [2.24, 2.45) is 0 Å². The number of aliphatic hydroxyl groups is 1. The Morgan fingerprint density at radius 3 is 2.10 bits per heavy atom. The number of ketones is 1. The molecule has 0 rings (SSSR count). The largest absolute Gasteiger partial charge is 0.506 e. The summed E-state index contributed by atoms with van der Waals surface area (Å²) in [7, 11) is 0. The van der Waals surface area contributed by atoms with E-state index in [0.717, 1.165) is 6.92 Å². The van der Waals surface area contributed by atoms with Crippen molar-refractivity contribution >= 4 is 5.78 Å². The Morgan fingerprint density at radius 1 is 1.60 bits per heavy atom. The lowest BCUT2D eigenvalue weighted by atomic mass is 10.2. The molecule has 0 aromatic carbocycles. The van der Waals surface area contributed by atoms with Crippen LogP contribution in [0.1, 0.15) is 13.8 Å². The quantitative estimate of drug-likeness (QED) is 0.480. The zero-order valence-electron chi connectivity index (χ0n) is 5.69. The second-order valence-electron chi connectivity index (χ2n) is 2.03. The van der Waals surface area contributed by atoms with E-state index in [1.54, 1.807) is 0 Å². The SMILES string of the molecule is CC(=O)C=C(O)C(C)(F)F. The number of allylic oxidation sites excluding steroid dienone is 2. The summed E-state index contributed by atoms with van der Waals surface area (Å²) in [5, 5.41) is 8.45.